The Kier molecular flexibility index (Phi) is 17.1. The van der Waals surface area contributed by atoms with Crippen LogP contribution in [0.1, 0.15) is 44.5 Å². The molecule has 0 saturated heterocycles. The van der Waals surface area contributed by atoms with Crippen molar-refractivity contribution < 1.29 is 0 Å². The van der Waals surface area contributed by atoms with Crippen molar-refractivity contribution in [2.75, 3.05) is 9.80 Å². The van der Waals surface area contributed by atoms with Crippen LogP contribution < -0.4 is 9.80 Å². The summed E-state index contributed by atoms with van der Waals surface area (Å²) in [5.74, 6) is 0. The summed E-state index contributed by atoms with van der Waals surface area (Å²) in [6.07, 6.45) is 0. The molecular weight excluding hydrogens is 1410 g/mol. The highest BCUT2D eigenvalue weighted by Crippen LogP contribution is 2.60. The smallest absolute Gasteiger partial charge is 0.0727 e. The Balaban J connectivity index is 0.000000143. The van der Waals surface area contributed by atoms with Crippen molar-refractivity contribution in [1.82, 2.24) is 0 Å². The van der Waals surface area contributed by atoms with Gasteiger partial charge in [0.1, 0.15) is 0 Å². The maximum Gasteiger partial charge on any atom is 0.0727 e. The average Bonchev–Trinajstić information content (AvgIpc) is 1.47. The van der Waals surface area contributed by atoms with Crippen LogP contribution in [0.4, 0.5) is 34.1 Å². The van der Waals surface area contributed by atoms with Gasteiger partial charge in [-0.25, -0.2) is 0 Å². The van der Waals surface area contributed by atoms with E-state index in [0.717, 1.165) is 34.1 Å². The summed E-state index contributed by atoms with van der Waals surface area (Å²) in [4.78, 5) is 4.71. The summed E-state index contributed by atoms with van der Waals surface area (Å²) in [5, 5.41) is 5.19. The molecule has 0 aliphatic heterocycles. The molecule has 0 N–H and O–H groups in total. The van der Waals surface area contributed by atoms with Crippen LogP contribution in [-0.2, 0) is 10.8 Å². The van der Waals surface area contributed by atoms with Gasteiger partial charge in [0.15, 0.2) is 0 Å². The molecule has 0 amide bonds. The van der Waals surface area contributed by atoms with Gasteiger partial charge in [-0.1, -0.05) is 364 Å². The molecular formula is C110H74N2S2. The van der Waals surface area contributed by atoms with Crippen LogP contribution in [0.25, 0.3) is 107 Å². The van der Waals surface area contributed by atoms with E-state index in [4.69, 9.17) is 0 Å². The van der Waals surface area contributed by atoms with Gasteiger partial charge in [0.05, 0.1) is 10.8 Å². The molecule has 2 aliphatic rings. The minimum absolute atomic E-state index is 0.420. The van der Waals surface area contributed by atoms with Gasteiger partial charge in [0.2, 0.25) is 0 Å². The SMILES string of the molecule is c1ccc(-c2ccc(N(c3ccccc3)c3cccc(-c4ccc5c(c4)sc4c(C6(c7ccccc7)c7ccccc7-c7ccccc76)cccc45)c3)cc2)cc1.c1ccc(-c2ccc(N(c3ccccc3)c3cccc(-c4cccc5c4sc4cc(C6(c7ccccc7)c7ccccc7-c7ccccc76)ccc45)c3)cc2)cc1. The van der Waals surface area contributed by atoms with Crippen molar-refractivity contribution in [2.45, 2.75) is 10.8 Å². The molecule has 22 rings (SSSR count). The lowest BCUT2D eigenvalue weighted by atomic mass is 9.67. The Morgan fingerprint density at radius 3 is 0.991 bits per heavy atom. The van der Waals surface area contributed by atoms with E-state index in [1.807, 2.05) is 22.7 Å². The summed E-state index contributed by atoms with van der Waals surface area (Å²) in [5.41, 5.74) is 31.4. The molecule has 0 spiro atoms. The minimum Gasteiger partial charge on any atom is -0.310 e. The lowest BCUT2D eigenvalue weighted by molar-refractivity contribution is 0.770. The third-order valence-electron chi connectivity index (χ3n) is 23.5. The number of anilines is 6. The second-order valence-electron chi connectivity index (χ2n) is 29.7. The van der Waals surface area contributed by atoms with Gasteiger partial charge in [-0.3, -0.25) is 0 Å². The molecule has 0 atom stereocenters. The van der Waals surface area contributed by atoms with E-state index in [1.54, 1.807) is 0 Å². The predicted molar refractivity (Wildman–Crippen MR) is 484 cm³/mol. The van der Waals surface area contributed by atoms with E-state index in [2.05, 4.69) is 459 Å². The molecule has 114 heavy (non-hydrogen) atoms. The van der Waals surface area contributed by atoms with E-state index < -0.39 is 10.8 Å². The summed E-state index contributed by atoms with van der Waals surface area (Å²) in [6, 6.07) is 164. The molecule has 536 valence electrons. The van der Waals surface area contributed by atoms with Crippen LogP contribution in [0.2, 0.25) is 0 Å². The highest BCUT2D eigenvalue weighted by molar-refractivity contribution is 7.26. The molecule has 0 unspecified atom stereocenters. The summed E-state index contributed by atoms with van der Waals surface area (Å²) in [6.45, 7) is 0. The lowest BCUT2D eigenvalue weighted by Crippen LogP contribution is -2.28. The van der Waals surface area contributed by atoms with Gasteiger partial charge in [0.25, 0.3) is 0 Å². The van der Waals surface area contributed by atoms with Crippen LogP contribution in [0.5, 0.6) is 0 Å². The molecule has 2 nitrogen and oxygen atoms in total. The van der Waals surface area contributed by atoms with E-state index in [0.29, 0.717) is 0 Å². The van der Waals surface area contributed by atoms with Crippen LogP contribution in [-0.4, -0.2) is 0 Å². The molecule has 18 aromatic carbocycles. The summed E-state index contributed by atoms with van der Waals surface area (Å²) < 4.78 is 5.23. The Morgan fingerprint density at radius 2 is 0.482 bits per heavy atom. The van der Waals surface area contributed by atoms with Gasteiger partial charge in [-0.2, -0.15) is 0 Å². The first-order chi connectivity index (χ1) is 56.5. The molecule has 4 heteroatoms. The zero-order valence-electron chi connectivity index (χ0n) is 62.4. The third kappa shape index (κ3) is 11.4. The van der Waals surface area contributed by atoms with Crippen molar-refractivity contribution in [3.63, 3.8) is 0 Å². The third-order valence-corrected chi connectivity index (χ3v) is 25.9. The molecule has 0 saturated carbocycles. The number of hydrogen-bond acceptors (Lipinski definition) is 4. The highest BCUT2D eigenvalue weighted by Gasteiger charge is 2.48. The Morgan fingerprint density at radius 1 is 0.167 bits per heavy atom. The number of fused-ring (bicyclic) bond motifs is 12. The molecule has 0 fully saturated rings. The molecule has 2 aromatic heterocycles. The van der Waals surface area contributed by atoms with Gasteiger partial charge in [0, 0.05) is 74.5 Å². The van der Waals surface area contributed by atoms with Crippen LogP contribution >= 0.6 is 22.7 Å². The normalized spacial score (nSPS) is 12.7. The Labute approximate surface area is 673 Å². The second-order valence-corrected chi connectivity index (χ2v) is 31.8. The highest BCUT2D eigenvalue weighted by atomic mass is 32.1. The van der Waals surface area contributed by atoms with Crippen molar-refractivity contribution >= 4 is 97.1 Å². The van der Waals surface area contributed by atoms with E-state index >= 15 is 0 Å². The molecule has 0 radical (unpaired) electrons. The van der Waals surface area contributed by atoms with Gasteiger partial charge in [-0.05, 0) is 196 Å². The van der Waals surface area contributed by atoms with Crippen LogP contribution in [0.3, 0.4) is 0 Å². The lowest BCUT2D eigenvalue weighted by Gasteiger charge is -2.34. The Hall–Kier alpha value is -14.0. The van der Waals surface area contributed by atoms with E-state index in [-0.39, 0.29) is 0 Å². The fraction of sp³-hybridized carbons (Fsp3) is 0.0182. The molecule has 0 bridgehead atoms. The van der Waals surface area contributed by atoms with Gasteiger partial charge < -0.3 is 9.80 Å². The van der Waals surface area contributed by atoms with Crippen LogP contribution in [0, 0.1) is 0 Å². The van der Waals surface area contributed by atoms with Crippen molar-refractivity contribution in [3.05, 3.63) is 493 Å². The zero-order valence-corrected chi connectivity index (χ0v) is 64.1. The Bertz CT molecular complexity index is 6860. The summed E-state index contributed by atoms with van der Waals surface area (Å²) >= 11 is 3.83. The van der Waals surface area contributed by atoms with Crippen molar-refractivity contribution in [3.8, 4) is 66.8 Å². The molecule has 20 aromatic rings. The number of nitrogens with zero attached hydrogens (tertiary/aromatic N) is 2. The maximum atomic E-state index is 2.47. The van der Waals surface area contributed by atoms with Gasteiger partial charge in [-0.15, -0.1) is 22.7 Å². The quantitative estimate of drug-likeness (QED) is 0.107. The standard InChI is InChI=1S/2C55H37NS/c1-4-16-38(17-5-1)39-30-33-44(34-31-39)56(43-21-8-3-9-22-43)45-23-14-18-40(36-45)46-26-15-27-50-49-35-32-42(37-53(49)57-54(46)50)55(41-19-6-2-7-20-41)51-28-12-10-24-47(51)48-25-11-13-29-52(48)55;1-4-16-38(17-5-1)39-30-33-44(34-31-39)56(43-21-8-3-9-22-43)45-23-14-18-40(36-45)41-32-35-48-49-26-15-29-52(54(49)57-53(48)37-41)55(42-19-6-2-7-20-42)50-27-12-10-24-46(50)47-25-11-13-28-51(47)55/h2*1-37H. The van der Waals surface area contributed by atoms with Crippen LogP contribution in [0.15, 0.2) is 449 Å². The zero-order chi connectivity index (χ0) is 75.5. The first-order valence-corrected chi connectivity index (χ1v) is 40.8. The first-order valence-electron chi connectivity index (χ1n) is 39.2. The van der Waals surface area contributed by atoms with E-state index in [9.17, 15) is 0 Å². The predicted octanol–water partition coefficient (Wildman–Crippen LogP) is 30.4. The fourth-order valence-electron chi connectivity index (χ4n) is 18.5. The first kappa shape index (κ1) is 68.1. The number of benzene rings is 18. The second kappa shape index (κ2) is 28.7. The largest absolute Gasteiger partial charge is 0.310 e. The minimum atomic E-state index is -0.438. The number of para-hydroxylation sites is 2. The average molecular weight is 1490 g/mol. The number of hydrogen-bond donors (Lipinski definition) is 0. The maximum absolute atomic E-state index is 2.47. The van der Waals surface area contributed by atoms with E-state index in [1.165, 1.54) is 152 Å². The molecule has 2 aliphatic carbocycles. The molecule has 2 heterocycles. The fourth-order valence-corrected chi connectivity index (χ4v) is 21.1. The number of thiophene rings is 2. The summed E-state index contributed by atoms with van der Waals surface area (Å²) in [7, 11) is 0. The van der Waals surface area contributed by atoms with Crippen molar-refractivity contribution in [2.24, 2.45) is 0 Å². The van der Waals surface area contributed by atoms with Gasteiger partial charge >= 0.3 is 0 Å². The topological polar surface area (TPSA) is 6.48 Å². The monoisotopic (exact) mass is 1490 g/mol. The van der Waals surface area contributed by atoms with Crippen molar-refractivity contribution in [1.29, 1.82) is 0 Å². The number of rotatable bonds is 14.